The van der Waals surface area contributed by atoms with E-state index in [2.05, 4.69) is 15.4 Å². The average molecular weight is 340 g/mol. The van der Waals surface area contributed by atoms with E-state index in [1.165, 1.54) is 32.1 Å². The van der Waals surface area contributed by atoms with Gasteiger partial charge in [0.1, 0.15) is 6.61 Å². The zero-order valence-electron chi connectivity index (χ0n) is 14.5. The fraction of sp³-hybridized carbons (Fsp3) is 0.706. The van der Waals surface area contributed by atoms with Crippen LogP contribution >= 0.6 is 0 Å². The van der Waals surface area contributed by atoms with Crippen LogP contribution in [0.3, 0.4) is 0 Å². The molecule has 0 radical (unpaired) electrons. The molecule has 0 saturated heterocycles. The molecule has 7 heteroatoms. The highest BCUT2D eigenvalue weighted by atomic mass is 16.5. The van der Waals surface area contributed by atoms with Gasteiger partial charge in [-0.2, -0.15) is 0 Å². The Balaban J connectivity index is 2.15. The Hall–Kier alpha value is -2.05. The van der Waals surface area contributed by atoms with E-state index in [4.69, 9.17) is 4.74 Å². The number of amides is 2. The molecule has 0 aromatic heterocycles. The smallest absolute Gasteiger partial charge is 0.331 e. The van der Waals surface area contributed by atoms with Crippen molar-refractivity contribution >= 4 is 18.0 Å². The number of hydrogen-bond donors (Lipinski definition) is 2. The van der Waals surface area contributed by atoms with Crippen molar-refractivity contribution in [2.75, 3.05) is 19.8 Å². The van der Waals surface area contributed by atoms with Crippen LogP contribution < -0.4 is 10.6 Å². The van der Waals surface area contributed by atoms with Gasteiger partial charge in [0.25, 0.3) is 0 Å². The lowest BCUT2D eigenvalue weighted by molar-refractivity contribution is -0.140. The second-order valence-electron chi connectivity index (χ2n) is 5.97. The lowest BCUT2D eigenvalue weighted by Gasteiger charge is -2.22. The van der Waals surface area contributed by atoms with E-state index in [9.17, 15) is 14.4 Å². The third kappa shape index (κ3) is 9.17. The Morgan fingerprint density at radius 2 is 1.71 bits per heavy atom. The first-order valence-corrected chi connectivity index (χ1v) is 8.57. The lowest BCUT2D eigenvalue weighted by atomic mass is 9.89. The van der Waals surface area contributed by atoms with Crippen LogP contribution in [0.2, 0.25) is 0 Å². The monoisotopic (exact) mass is 340 g/mol. The van der Waals surface area contributed by atoms with Gasteiger partial charge in [-0.1, -0.05) is 19.3 Å². The summed E-state index contributed by atoms with van der Waals surface area (Å²) in [7, 11) is 0. The number of nitrogens with one attached hydrogen (secondary N) is 2. The summed E-state index contributed by atoms with van der Waals surface area (Å²) in [6.07, 6.45) is 8.12. The Morgan fingerprint density at radius 1 is 1.08 bits per heavy atom. The minimum atomic E-state index is -0.653. The molecule has 0 unspecified atom stereocenters. The summed E-state index contributed by atoms with van der Waals surface area (Å²) in [6, 6.07) is -0.581. The van der Waals surface area contributed by atoms with Crippen LogP contribution in [0.4, 0.5) is 4.79 Å². The molecule has 1 aliphatic carbocycles. The van der Waals surface area contributed by atoms with Crippen molar-refractivity contribution in [2.45, 2.75) is 52.0 Å². The molecule has 1 fully saturated rings. The summed E-state index contributed by atoms with van der Waals surface area (Å²) in [5.74, 6) is -0.687. The highest BCUT2D eigenvalue weighted by Crippen LogP contribution is 2.22. The Kier molecular flexibility index (Phi) is 9.56. The van der Waals surface area contributed by atoms with Crippen molar-refractivity contribution in [1.82, 2.24) is 10.6 Å². The zero-order chi connectivity index (χ0) is 17.8. The minimum absolute atomic E-state index is 0.0306. The number of carbonyl (C=O) groups is 3. The lowest BCUT2D eigenvalue weighted by Crippen LogP contribution is -2.44. The second-order valence-corrected chi connectivity index (χ2v) is 5.97. The van der Waals surface area contributed by atoms with Crippen molar-refractivity contribution in [1.29, 1.82) is 0 Å². The maximum absolute atomic E-state index is 11.8. The minimum Gasteiger partial charge on any atom is -0.463 e. The summed E-state index contributed by atoms with van der Waals surface area (Å²) in [6.45, 7) is 4.37. The van der Waals surface area contributed by atoms with Gasteiger partial charge in [-0.15, -0.1) is 0 Å². The highest BCUT2D eigenvalue weighted by Gasteiger charge is 2.15. The molecular weight excluding hydrogens is 312 g/mol. The molecule has 2 N–H and O–H groups in total. The summed E-state index contributed by atoms with van der Waals surface area (Å²) in [4.78, 5) is 34.3. The molecule has 0 spiro atoms. The van der Waals surface area contributed by atoms with Crippen molar-refractivity contribution in [3.05, 3.63) is 12.2 Å². The van der Waals surface area contributed by atoms with E-state index >= 15 is 0 Å². The van der Waals surface area contributed by atoms with E-state index in [-0.39, 0.29) is 25.3 Å². The second kappa shape index (κ2) is 11.5. The first-order valence-electron chi connectivity index (χ1n) is 8.57. The first kappa shape index (κ1) is 20.0. The van der Waals surface area contributed by atoms with Gasteiger partial charge in [0.15, 0.2) is 0 Å². The molecule has 1 atom stereocenters. The summed E-state index contributed by atoms with van der Waals surface area (Å²) < 4.78 is 9.60. The standard InChI is InChI=1S/C17H28N2O5/c1-3-23-15(20)9-10-16(21)24-12-13(2)19-17(22)18-11-14-7-5-4-6-8-14/h9-10,13-14H,3-8,11-12H2,1-2H3,(H2,18,19,22)/b10-9+/t13-/m0/s1. The number of hydrogen-bond acceptors (Lipinski definition) is 5. The van der Waals surface area contributed by atoms with Crippen molar-refractivity contribution in [2.24, 2.45) is 5.92 Å². The Labute approximate surface area is 143 Å². The first-order chi connectivity index (χ1) is 11.5. The number of esters is 2. The molecule has 24 heavy (non-hydrogen) atoms. The average Bonchev–Trinajstić information content (AvgIpc) is 2.57. The molecule has 1 saturated carbocycles. The van der Waals surface area contributed by atoms with Gasteiger partial charge in [0.2, 0.25) is 0 Å². The molecule has 0 aromatic carbocycles. The summed E-state index contributed by atoms with van der Waals surface area (Å²) >= 11 is 0. The molecule has 0 heterocycles. The van der Waals surface area contributed by atoms with Crippen LogP contribution in [0.15, 0.2) is 12.2 Å². The zero-order valence-corrected chi connectivity index (χ0v) is 14.5. The topological polar surface area (TPSA) is 93.7 Å². The maximum atomic E-state index is 11.8. The van der Waals surface area contributed by atoms with E-state index < -0.39 is 11.9 Å². The number of ether oxygens (including phenoxy) is 2. The third-order valence-electron chi connectivity index (χ3n) is 3.77. The van der Waals surface area contributed by atoms with Gasteiger partial charge in [-0.3, -0.25) is 0 Å². The molecule has 2 amide bonds. The van der Waals surface area contributed by atoms with Crippen molar-refractivity contribution in [3.8, 4) is 0 Å². The number of carbonyl (C=O) groups excluding carboxylic acids is 3. The fourth-order valence-electron chi connectivity index (χ4n) is 2.53. The van der Waals surface area contributed by atoms with Gasteiger partial charge in [-0.25, -0.2) is 14.4 Å². The molecule has 0 aliphatic heterocycles. The molecule has 1 rings (SSSR count). The Morgan fingerprint density at radius 3 is 2.33 bits per heavy atom. The molecule has 1 aliphatic rings. The predicted octanol–water partition coefficient (Wildman–Crippen LogP) is 1.92. The van der Waals surface area contributed by atoms with Crippen LogP contribution in [0, 0.1) is 5.92 Å². The summed E-state index contributed by atoms with van der Waals surface area (Å²) in [5, 5.41) is 5.58. The van der Waals surface area contributed by atoms with Gasteiger partial charge in [-0.05, 0) is 32.6 Å². The predicted molar refractivity (Wildman–Crippen MR) is 89.3 cm³/mol. The van der Waals surface area contributed by atoms with E-state index in [1.54, 1.807) is 13.8 Å². The van der Waals surface area contributed by atoms with Crippen LogP contribution in [0.5, 0.6) is 0 Å². The largest absolute Gasteiger partial charge is 0.463 e. The number of urea groups is 1. The third-order valence-corrected chi connectivity index (χ3v) is 3.77. The molecular formula is C17H28N2O5. The molecule has 136 valence electrons. The molecule has 0 bridgehead atoms. The molecule has 0 aromatic rings. The van der Waals surface area contributed by atoms with Gasteiger partial charge < -0.3 is 20.1 Å². The van der Waals surface area contributed by atoms with E-state index in [0.717, 1.165) is 12.2 Å². The highest BCUT2D eigenvalue weighted by molar-refractivity contribution is 5.91. The van der Waals surface area contributed by atoms with Gasteiger partial charge in [0, 0.05) is 18.7 Å². The van der Waals surface area contributed by atoms with Crippen LogP contribution in [-0.4, -0.2) is 43.8 Å². The van der Waals surface area contributed by atoms with Crippen LogP contribution in [0.1, 0.15) is 46.0 Å². The molecule has 7 nitrogen and oxygen atoms in total. The van der Waals surface area contributed by atoms with Crippen molar-refractivity contribution in [3.63, 3.8) is 0 Å². The van der Waals surface area contributed by atoms with Gasteiger partial charge in [0.05, 0.1) is 12.6 Å². The Bertz CT molecular complexity index is 444. The van der Waals surface area contributed by atoms with Crippen LogP contribution in [-0.2, 0) is 19.1 Å². The number of rotatable bonds is 8. The van der Waals surface area contributed by atoms with E-state index in [1.807, 2.05) is 0 Å². The maximum Gasteiger partial charge on any atom is 0.331 e. The fourth-order valence-corrected chi connectivity index (χ4v) is 2.53. The van der Waals surface area contributed by atoms with Crippen LogP contribution in [0.25, 0.3) is 0 Å². The SMILES string of the molecule is CCOC(=O)/C=C/C(=O)OC[C@H](C)NC(=O)NCC1CCCCC1. The van der Waals surface area contributed by atoms with E-state index in [0.29, 0.717) is 12.5 Å². The van der Waals surface area contributed by atoms with Crippen molar-refractivity contribution < 1.29 is 23.9 Å². The van der Waals surface area contributed by atoms with Gasteiger partial charge >= 0.3 is 18.0 Å². The normalized spacial score (nSPS) is 16.4. The summed E-state index contributed by atoms with van der Waals surface area (Å²) in [5.41, 5.74) is 0. The quantitative estimate of drug-likeness (QED) is 0.520.